The van der Waals surface area contributed by atoms with Gasteiger partial charge in [0.25, 0.3) is 0 Å². The van der Waals surface area contributed by atoms with E-state index in [1.165, 1.54) is 13.2 Å². The number of nitrogens with zero attached hydrogens (tertiary/aromatic N) is 1. The zero-order valence-corrected chi connectivity index (χ0v) is 16.1. The number of guanidine groups is 1. The molecular weight excluding hydrogens is 368 g/mol. The van der Waals surface area contributed by atoms with Crippen LogP contribution in [-0.2, 0) is 6.54 Å². The van der Waals surface area contributed by atoms with E-state index in [1.807, 2.05) is 37.3 Å². The van der Waals surface area contributed by atoms with E-state index in [2.05, 4.69) is 20.4 Å². The smallest absolute Gasteiger partial charge is 0.387 e. The summed E-state index contributed by atoms with van der Waals surface area (Å²) in [6, 6.07) is 14.2. The minimum atomic E-state index is -2.90. The van der Waals surface area contributed by atoms with Gasteiger partial charge in [-0.3, -0.25) is 4.99 Å². The van der Waals surface area contributed by atoms with Gasteiger partial charge in [0.2, 0.25) is 0 Å². The van der Waals surface area contributed by atoms with Crippen LogP contribution in [0, 0.1) is 0 Å². The molecule has 0 saturated carbocycles. The molecule has 0 amide bonds. The summed E-state index contributed by atoms with van der Waals surface area (Å²) in [6.07, 6.45) is -0.101. The third kappa shape index (κ3) is 6.94. The lowest BCUT2D eigenvalue weighted by atomic mass is 10.2. The molecule has 0 aliphatic heterocycles. The van der Waals surface area contributed by atoms with Gasteiger partial charge in [0.1, 0.15) is 23.4 Å². The van der Waals surface area contributed by atoms with Gasteiger partial charge in [-0.15, -0.1) is 0 Å². The van der Waals surface area contributed by atoms with Crippen LogP contribution in [0.3, 0.4) is 0 Å². The molecule has 0 saturated heterocycles. The van der Waals surface area contributed by atoms with Crippen LogP contribution in [0.15, 0.2) is 53.5 Å². The van der Waals surface area contributed by atoms with Gasteiger partial charge in [0.15, 0.2) is 5.96 Å². The molecule has 2 aromatic carbocycles. The average Bonchev–Trinajstić information content (AvgIpc) is 2.69. The normalized spacial score (nSPS) is 12.4. The van der Waals surface area contributed by atoms with Crippen molar-refractivity contribution in [3.05, 3.63) is 54.1 Å². The van der Waals surface area contributed by atoms with E-state index in [9.17, 15) is 8.78 Å². The quantitative estimate of drug-likeness (QED) is 0.505. The van der Waals surface area contributed by atoms with E-state index in [0.29, 0.717) is 23.8 Å². The Morgan fingerprint density at radius 3 is 2.43 bits per heavy atom. The van der Waals surface area contributed by atoms with E-state index in [0.717, 1.165) is 5.75 Å². The van der Waals surface area contributed by atoms with Crippen molar-refractivity contribution in [3.8, 4) is 17.2 Å². The van der Waals surface area contributed by atoms with Gasteiger partial charge in [-0.05, 0) is 37.3 Å². The van der Waals surface area contributed by atoms with Crippen LogP contribution in [0.5, 0.6) is 17.2 Å². The summed E-state index contributed by atoms with van der Waals surface area (Å²) in [6.45, 7) is -0.232. The van der Waals surface area contributed by atoms with Gasteiger partial charge in [-0.2, -0.15) is 8.78 Å². The van der Waals surface area contributed by atoms with Crippen LogP contribution in [0.1, 0.15) is 12.5 Å². The van der Waals surface area contributed by atoms with Crippen LogP contribution in [-0.4, -0.2) is 39.4 Å². The van der Waals surface area contributed by atoms with Crippen molar-refractivity contribution in [1.82, 2.24) is 10.6 Å². The van der Waals surface area contributed by atoms with Crippen molar-refractivity contribution in [2.24, 2.45) is 4.99 Å². The van der Waals surface area contributed by atoms with E-state index < -0.39 is 6.61 Å². The van der Waals surface area contributed by atoms with Crippen molar-refractivity contribution in [3.63, 3.8) is 0 Å². The summed E-state index contributed by atoms with van der Waals surface area (Å²) >= 11 is 0. The molecule has 0 bridgehead atoms. The first-order chi connectivity index (χ1) is 13.5. The topological polar surface area (TPSA) is 64.1 Å². The number of hydrogen-bond acceptors (Lipinski definition) is 4. The number of alkyl halides is 2. The van der Waals surface area contributed by atoms with Crippen LogP contribution in [0.2, 0.25) is 0 Å². The molecule has 0 aromatic heterocycles. The number of methoxy groups -OCH3 is 1. The maximum absolute atomic E-state index is 12.6. The van der Waals surface area contributed by atoms with Crippen molar-refractivity contribution in [1.29, 1.82) is 0 Å². The predicted octanol–water partition coefficient (Wildman–Crippen LogP) is 3.43. The van der Waals surface area contributed by atoms with Crippen LogP contribution in [0.25, 0.3) is 0 Å². The number of nitrogens with one attached hydrogen (secondary N) is 2. The lowest BCUT2D eigenvalue weighted by molar-refractivity contribution is -0.0505. The molecule has 2 rings (SSSR count). The second-order valence-corrected chi connectivity index (χ2v) is 5.90. The fraction of sp³-hybridized carbons (Fsp3) is 0.350. The fourth-order valence-electron chi connectivity index (χ4n) is 2.44. The number of para-hydroxylation sites is 1. The summed E-state index contributed by atoms with van der Waals surface area (Å²) in [5.41, 5.74) is 0.524. The molecule has 152 valence electrons. The molecule has 0 heterocycles. The predicted molar refractivity (Wildman–Crippen MR) is 104 cm³/mol. The highest BCUT2D eigenvalue weighted by Gasteiger charge is 2.12. The summed E-state index contributed by atoms with van der Waals surface area (Å²) in [5, 5.41) is 6.21. The number of ether oxygens (including phenoxy) is 3. The molecular formula is C20H25F2N3O3. The summed E-state index contributed by atoms with van der Waals surface area (Å²) in [5.74, 6) is 1.92. The lowest BCUT2D eigenvalue weighted by Crippen LogP contribution is -2.41. The van der Waals surface area contributed by atoms with Gasteiger partial charge in [-0.1, -0.05) is 18.2 Å². The molecule has 1 unspecified atom stereocenters. The number of aliphatic imine (C=N–C) groups is 1. The Labute approximate surface area is 163 Å². The Bertz CT molecular complexity index is 758. The summed E-state index contributed by atoms with van der Waals surface area (Å²) < 4.78 is 40.7. The maximum atomic E-state index is 12.6. The Balaban J connectivity index is 1.91. The van der Waals surface area contributed by atoms with Crippen molar-refractivity contribution in [2.45, 2.75) is 26.2 Å². The first-order valence-corrected chi connectivity index (χ1v) is 8.79. The molecule has 28 heavy (non-hydrogen) atoms. The molecule has 8 heteroatoms. The highest BCUT2D eigenvalue weighted by molar-refractivity contribution is 5.79. The van der Waals surface area contributed by atoms with Gasteiger partial charge >= 0.3 is 6.61 Å². The average molecular weight is 393 g/mol. The van der Waals surface area contributed by atoms with Crippen molar-refractivity contribution < 1.29 is 23.0 Å². The second kappa shape index (κ2) is 11.0. The van der Waals surface area contributed by atoms with Gasteiger partial charge in [-0.25, -0.2) is 0 Å². The Morgan fingerprint density at radius 1 is 1.04 bits per heavy atom. The van der Waals surface area contributed by atoms with E-state index in [-0.39, 0.29) is 18.4 Å². The molecule has 1 atom stereocenters. The Kier molecular flexibility index (Phi) is 8.33. The number of benzene rings is 2. The molecule has 0 radical (unpaired) electrons. The fourth-order valence-corrected chi connectivity index (χ4v) is 2.44. The summed E-state index contributed by atoms with van der Waals surface area (Å²) in [4.78, 5) is 4.13. The summed E-state index contributed by atoms with van der Waals surface area (Å²) in [7, 11) is 3.13. The highest BCUT2D eigenvalue weighted by Crippen LogP contribution is 2.25. The molecule has 0 fully saturated rings. The van der Waals surface area contributed by atoms with E-state index in [1.54, 1.807) is 19.2 Å². The van der Waals surface area contributed by atoms with Crippen LogP contribution in [0.4, 0.5) is 8.78 Å². The second-order valence-electron chi connectivity index (χ2n) is 5.90. The zero-order chi connectivity index (χ0) is 20.4. The monoisotopic (exact) mass is 393 g/mol. The molecule has 6 nitrogen and oxygen atoms in total. The standard InChI is InChI=1S/C20H25F2N3O3/c1-14(27-16-7-5-4-6-8-16)12-24-20(23-2)25-13-15-11-17(26-3)9-10-18(15)28-19(21)22/h4-11,14,19H,12-13H2,1-3H3,(H2,23,24,25). The lowest BCUT2D eigenvalue weighted by Gasteiger charge is -2.18. The SMILES string of the molecule is CN=C(NCc1cc(OC)ccc1OC(F)F)NCC(C)Oc1ccccc1. The van der Waals surface area contributed by atoms with Crippen LogP contribution < -0.4 is 24.8 Å². The van der Waals surface area contributed by atoms with Gasteiger partial charge < -0.3 is 24.8 Å². The van der Waals surface area contributed by atoms with Crippen LogP contribution >= 0.6 is 0 Å². The zero-order valence-electron chi connectivity index (χ0n) is 16.1. The molecule has 0 aliphatic rings. The Morgan fingerprint density at radius 2 is 1.79 bits per heavy atom. The highest BCUT2D eigenvalue weighted by atomic mass is 19.3. The Hall–Kier alpha value is -3.03. The minimum Gasteiger partial charge on any atom is -0.497 e. The van der Waals surface area contributed by atoms with E-state index in [4.69, 9.17) is 9.47 Å². The van der Waals surface area contributed by atoms with Crippen molar-refractivity contribution in [2.75, 3.05) is 20.7 Å². The molecule has 2 aromatic rings. The van der Waals surface area contributed by atoms with Gasteiger partial charge in [0, 0.05) is 19.2 Å². The van der Waals surface area contributed by atoms with E-state index >= 15 is 0 Å². The minimum absolute atomic E-state index is 0.0829. The third-order valence-electron chi connectivity index (χ3n) is 3.79. The van der Waals surface area contributed by atoms with Crippen molar-refractivity contribution >= 4 is 5.96 Å². The number of hydrogen-bond donors (Lipinski definition) is 2. The maximum Gasteiger partial charge on any atom is 0.387 e. The third-order valence-corrected chi connectivity index (χ3v) is 3.79. The largest absolute Gasteiger partial charge is 0.497 e. The molecule has 0 aliphatic carbocycles. The first kappa shape index (κ1) is 21.3. The van der Waals surface area contributed by atoms with Gasteiger partial charge in [0.05, 0.1) is 13.7 Å². The molecule has 0 spiro atoms. The molecule has 2 N–H and O–H groups in total. The number of halogens is 2. The first-order valence-electron chi connectivity index (χ1n) is 8.79. The number of rotatable bonds is 9.